The highest BCUT2D eigenvalue weighted by Crippen LogP contribution is 2.59. The predicted octanol–water partition coefficient (Wildman–Crippen LogP) is 7.80. The largest absolute Gasteiger partial charge is 0.461 e. The molecular formula is C22H16F22O6. The van der Waals surface area contributed by atoms with Gasteiger partial charge in [0.15, 0.2) is 0 Å². The molecule has 0 spiro atoms. The van der Waals surface area contributed by atoms with E-state index in [1.807, 2.05) is 0 Å². The molecule has 0 saturated heterocycles. The van der Waals surface area contributed by atoms with Crippen molar-refractivity contribution in [1.82, 2.24) is 0 Å². The van der Waals surface area contributed by atoms with Crippen LogP contribution in [0.2, 0.25) is 0 Å². The summed E-state index contributed by atoms with van der Waals surface area (Å²) in [4.78, 5) is 35.0. The van der Waals surface area contributed by atoms with Gasteiger partial charge < -0.3 is 14.2 Å². The van der Waals surface area contributed by atoms with E-state index in [0.717, 1.165) is 6.92 Å². The first-order valence-electron chi connectivity index (χ1n) is 12.0. The zero-order chi connectivity index (χ0) is 40.8. The first-order valence-corrected chi connectivity index (χ1v) is 12.0. The van der Waals surface area contributed by atoms with Crippen LogP contribution in [0.4, 0.5) is 96.6 Å². The average Bonchev–Trinajstić information content (AvgIpc) is 2.94. The minimum absolute atomic E-state index is 0.575. The molecule has 0 heterocycles. The summed E-state index contributed by atoms with van der Waals surface area (Å²) in [6, 6.07) is 0. The highest BCUT2D eigenvalue weighted by molar-refractivity contribution is 5.87. The Morgan fingerprint density at radius 2 is 0.720 bits per heavy atom. The summed E-state index contributed by atoms with van der Waals surface area (Å²) in [6.07, 6.45) is -16.6. The molecule has 0 aromatic rings. The van der Waals surface area contributed by atoms with Crippen molar-refractivity contribution in [2.75, 3.05) is 19.8 Å². The number of rotatable bonds is 16. The Bertz CT molecular complexity index is 1200. The summed E-state index contributed by atoms with van der Waals surface area (Å²) in [5, 5.41) is 0. The molecule has 0 aliphatic carbocycles. The summed E-state index contributed by atoms with van der Waals surface area (Å²) in [7, 11) is 0. The van der Waals surface area contributed by atoms with E-state index in [1.165, 1.54) is 0 Å². The quantitative estimate of drug-likeness (QED) is 0.0688. The molecule has 294 valence electrons. The van der Waals surface area contributed by atoms with Gasteiger partial charge in [-0.1, -0.05) is 13.5 Å². The van der Waals surface area contributed by atoms with E-state index in [9.17, 15) is 111 Å². The molecule has 0 N–H and O–H groups in total. The average molecular weight is 794 g/mol. The van der Waals surface area contributed by atoms with Crippen LogP contribution in [0.15, 0.2) is 12.2 Å². The van der Waals surface area contributed by atoms with Gasteiger partial charge in [-0.2, -0.15) is 96.6 Å². The second-order valence-electron chi connectivity index (χ2n) is 9.95. The van der Waals surface area contributed by atoms with Crippen molar-refractivity contribution >= 4 is 17.9 Å². The van der Waals surface area contributed by atoms with Crippen molar-refractivity contribution in [3.8, 4) is 0 Å². The summed E-state index contributed by atoms with van der Waals surface area (Å²) < 4.78 is 302. The van der Waals surface area contributed by atoms with E-state index in [0.29, 0.717) is 6.92 Å². The van der Waals surface area contributed by atoms with Crippen LogP contribution in [0.5, 0.6) is 0 Å². The van der Waals surface area contributed by atoms with E-state index < -0.39 is 115 Å². The molecule has 0 aliphatic heterocycles. The number of ether oxygens (including phenoxy) is 3. The third-order valence-electron chi connectivity index (χ3n) is 6.22. The van der Waals surface area contributed by atoms with Crippen LogP contribution in [-0.4, -0.2) is 97.5 Å². The van der Waals surface area contributed by atoms with Crippen LogP contribution in [0.3, 0.4) is 0 Å². The monoisotopic (exact) mass is 794 g/mol. The Hall–Kier alpha value is -3.39. The van der Waals surface area contributed by atoms with Crippen LogP contribution in [0.1, 0.15) is 20.3 Å². The fourth-order valence-corrected chi connectivity index (χ4v) is 2.79. The highest BCUT2D eigenvalue weighted by Gasteiger charge is 2.90. The zero-order valence-electron chi connectivity index (χ0n) is 23.8. The molecule has 0 unspecified atom stereocenters. The molecule has 0 radical (unpaired) electrons. The van der Waals surface area contributed by atoms with Crippen LogP contribution >= 0.6 is 0 Å². The lowest BCUT2D eigenvalue weighted by molar-refractivity contribution is -0.418. The maximum atomic E-state index is 14.0. The van der Waals surface area contributed by atoms with E-state index >= 15 is 0 Å². The molecule has 6 nitrogen and oxygen atoms in total. The maximum absolute atomic E-state index is 14.0. The maximum Gasteiger partial charge on any atom is 0.460 e. The molecular weight excluding hydrogens is 778 g/mol. The Kier molecular flexibility index (Phi) is 12.7. The van der Waals surface area contributed by atoms with E-state index in [-0.39, 0.29) is 0 Å². The van der Waals surface area contributed by atoms with Crippen molar-refractivity contribution in [3.05, 3.63) is 12.2 Å². The van der Waals surface area contributed by atoms with Crippen molar-refractivity contribution in [1.29, 1.82) is 0 Å². The van der Waals surface area contributed by atoms with Gasteiger partial charge in [0, 0.05) is 5.57 Å². The SMILES string of the molecule is C=C(C)C(=O)OCC(CC)(COC(=O)C(F)(F)C(F)(F)C(F)(F)C(F)(F)C(F)(F)F)COC(=O)C(F)(F)C(F)(F)C(F)(F)C(F)(F)C(F)(F)F. The van der Waals surface area contributed by atoms with Gasteiger partial charge in [-0.05, 0) is 13.3 Å². The first kappa shape index (κ1) is 46.6. The summed E-state index contributed by atoms with van der Waals surface area (Å²) in [5.74, 6) is -73.2. The molecule has 0 fully saturated rings. The Morgan fingerprint density at radius 3 is 0.940 bits per heavy atom. The van der Waals surface area contributed by atoms with E-state index in [1.54, 1.807) is 0 Å². The van der Waals surface area contributed by atoms with Crippen molar-refractivity contribution in [2.24, 2.45) is 5.41 Å². The van der Waals surface area contributed by atoms with Gasteiger partial charge in [-0.15, -0.1) is 0 Å². The van der Waals surface area contributed by atoms with Crippen LogP contribution in [-0.2, 0) is 28.6 Å². The highest BCUT2D eigenvalue weighted by atomic mass is 19.4. The van der Waals surface area contributed by atoms with Crippen molar-refractivity contribution < 1.29 is 125 Å². The van der Waals surface area contributed by atoms with Gasteiger partial charge >= 0.3 is 77.6 Å². The summed E-state index contributed by atoms with van der Waals surface area (Å²) in [5.41, 5.74) is -3.81. The Morgan fingerprint density at radius 1 is 0.460 bits per heavy atom. The third-order valence-corrected chi connectivity index (χ3v) is 6.22. The van der Waals surface area contributed by atoms with Gasteiger partial charge in [0.1, 0.15) is 19.8 Å². The van der Waals surface area contributed by atoms with Gasteiger partial charge in [0.2, 0.25) is 0 Å². The number of alkyl halides is 22. The second-order valence-corrected chi connectivity index (χ2v) is 9.95. The normalized spacial score (nSPS) is 15.0. The standard InChI is InChI=1S/C22H16F22O6/c1-4-12(5-48-9(45)8(2)3,6-49-10(46)13(23,24)15(27,28)17(31,32)19(35,36)21(39,40)41)7-50-11(47)14(25,26)16(29,30)18(33,34)20(37,38)22(42,43)44/h2,4-7H2,1,3H3. The molecule has 0 aromatic heterocycles. The van der Waals surface area contributed by atoms with Gasteiger partial charge in [0.05, 0.1) is 5.41 Å². The van der Waals surface area contributed by atoms with E-state index in [4.69, 9.17) is 0 Å². The summed E-state index contributed by atoms with van der Waals surface area (Å²) in [6.45, 7) is -2.26. The van der Waals surface area contributed by atoms with E-state index in [2.05, 4.69) is 20.8 Å². The lowest BCUT2D eigenvalue weighted by atomic mass is 9.87. The fourth-order valence-electron chi connectivity index (χ4n) is 2.79. The van der Waals surface area contributed by atoms with Crippen LogP contribution in [0.25, 0.3) is 0 Å². The Labute approximate surface area is 261 Å². The number of hydrogen-bond acceptors (Lipinski definition) is 6. The number of halogens is 22. The summed E-state index contributed by atoms with van der Waals surface area (Å²) >= 11 is 0. The first-order chi connectivity index (χ1) is 21.6. The molecule has 0 atom stereocenters. The minimum atomic E-state index is -8.17. The lowest BCUT2D eigenvalue weighted by Gasteiger charge is -2.37. The molecule has 0 aliphatic rings. The van der Waals surface area contributed by atoms with Crippen LogP contribution < -0.4 is 0 Å². The molecule has 0 aromatic carbocycles. The smallest absolute Gasteiger partial charge is 0.460 e. The number of esters is 3. The van der Waals surface area contributed by atoms with Crippen molar-refractivity contribution in [3.63, 3.8) is 0 Å². The molecule has 0 saturated carbocycles. The topological polar surface area (TPSA) is 78.9 Å². The van der Waals surface area contributed by atoms with Crippen LogP contribution in [0, 0.1) is 5.41 Å². The molecule has 0 bridgehead atoms. The fraction of sp³-hybridized carbons (Fsp3) is 0.773. The van der Waals surface area contributed by atoms with Crippen molar-refractivity contribution in [2.45, 2.75) is 80.0 Å². The predicted molar refractivity (Wildman–Crippen MR) is 112 cm³/mol. The third kappa shape index (κ3) is 7.61. The molecule has 28 heteroatoms. The molecule has 0 amide bonds. The number of hydrogen-bond donors (Lipinski definition) is 0. The molecule has 0 rings (SSSR count). The number of carbonyl (C=O) groups excluding carboxylic acids is 3. The lowest BCUT2D eigenvalue weighted by Crippen LogP contribution is -2.68. The molecule has 50 heavy (non-hydrogen) atoms. The Balaban J connectivity index is 6.69. The van der Waals surface area contributed by atoms with Gasteiger partial charge in [-0.25, -0.2) is 14.4 Å². The number of carbonyl (C=O) groups is 3. The zero-order valence-corrected chi connectivity index (χ0v) is 23.8. The second kappa shape index (κ2) is 13.6. The van der Waals surface area contributed by atoms with Gasteiger partial charge in [-0.3, -0.25) is 0 Å². The minimum Gasteiger partial charge on any atom is -0.461 e. The van der Waals surface area contributed by atoms with Gasteiger partial charge in [0.25, 0.3) is 0 Å².